The summed E-state index contributed by atoms with van der Waals surface area (Å²) < 4.78 is 6.01. The molecule has 1 aromatic heterocycles. The summed E-state index contributed by atoms with van der Waals surface area (Å²) in [5.41, 5.74) is 2.04. The van der Waals surface area contributed by atoms with Crippen LogP contribution in [0.25, 0.3) is 0 Å². The lowest BCUT2D eigenvalue weighted by Crippen LogP contribution is -2.40. The molecule has 1 aliphatic rings. The average molecular weight is 399 g/mol. The van der Waals surface area contributed by atoms with Crippen molar-refractivity contribution in [2.45, 2.75) is 57.3 Å². The van der Waals surface area contributed by atoms with Crippen molar-refractivity contribution in [2.24, 2.45) is 0 Å². The van der Waals surface area contributed by atoms with Crippen LogP contribution in [0.1, 0.15) is 43.4 Å². The van der Waals surface area contributed by atoms with Gasteiger partial charge in [0.15, 0.2) is 0 Å². The third-order valence-corrected chi connectivity index (χ3v) is 5.59. The second kappa shape index (κ2) is 11.2. The number of hydrogen-bond acceptors (Lipinski definition) is 6. The SMILES string of the molecule is CN(Cc1cnccn1)Cc1ccccc1OC[C@H](O)CN(C)C1CCCCC1. The number of benzene rings is 1. The van der Waals surface area contributed by atoms with Gasteiger partial charge in [0.2, 0.25) is 0 Å². The Kier molecular flexibility index (Phi) is 8.40. The molecule has 0 amide bonds. The highest BCUT2D eigenvalue weighted by molar-refractivity contribution is 5.33. The second-order valence-electron chi connectivity index (χ2n) is 8.17. The van der Waals surface area contributed by atoms with Crippen molar-refractivity contribution in [1.82, 2.24) is 19.8 Å². The van der Waals surface area contributed by atoms with Crippen LogP contribution in [0.5, 0.6) is 5.75 Å². The van der Waals surface area contributed by atoms with Gasteiger partial charge in [0, 0.05) is 49.8 Å². The van der Waals surface area contributed by atoms with Crippen LogP contribution in [-0.4, -0.2) is 64.3 Å². The molecule has 0 unspecified atom stereocenters. The molecule has 1 heterocycles. The first-order valence-corrected chi connectivity index (χ1v) is 10.6. The van der Waals surface area contributed by atoms with E-state index in [1.165, 1.54) is 32.1 Å². The minimum atomic E-state index is -0.493. The summed E-state index contributed by atoms with van der Waals surface area (Å²) in [5, 5.41) is 10.5. The Balaban J connectivity index is 1.49. The van der Waals surface area contributed by atoms with Crippen LogP contribution < -0.4 is 4.74 Å². The maximum absolute atomic E-state index is 10.5. The number of aromatic nitrogens is 2. The monoisotopic (exact) mass is 398 g/mol. The number of aliphatic hydroxyl groups is 1. The van der Waals surface area contributed by atoms with Crippen LogP contribution in [-0.2, 0) is 13.1 Å². The van der Waals surface area contributed by atoms with Gasteiger partial charge in [-0.2, -0.15) is 0 Å². The average Bonchev–Trinajstić information content (AvgIpc) is 2.74. The molecule has 2 aromatic rings. The first kappa shape index (κ1) is 21.7. The Bertz CT molecular complexity index is 722. The Morgan fingerprint density at radius 1 is 1.10 bits per heavy atom. The Labute approximate surface area is 174 Å². The van der Waals surface area contributed by atoms with Gasteiger partial charge in [-0.05, 0) is 33.0 Å². The smallest absolute Gasteiger partial charge is 0.123 e. The normalized spacial score (nSPS) is 16.3. The van der Waals surface area contributed by atoms with Crippen molar-refractivity contribution in [3.05, 3.63) is 54.1 Å². The molecule has 0 spiro atoms. The van der Waals surface area contributed by atoms with Crippen molar-refractivity contribution in [1.29, 1.82) is 0 Å². The topological polar surface area (TPSA) is 61.7 Å². The van der Waals surface area contributed by atoms with Crippen molar-refractivity contribution >= 4 is 0 Å². The zero-order valence-electron chi connectivity index (χ0n) is 17.7. The minimum Gasteiger partial charge on any atom is -0.491 e. The summed E-state index contributed by atoms with van der Waals surface area (Å²) in [6.45, 7) is 2.42. The van der Waals surface area contributed by atoms with Gasteiger partial charge in [0.25, 0.3) is 0 Å². The summed E-state index contributed by atoms with van der Waals surface area (Å²) in [6.07, 6.45) is 11.1. The molecule has 0 radical (unpaired) electrons. The van der Waals surface area contributed by atoms with Gasteiger partial charge in [0.05, 0.1) is 5.69 Å². The van der Waals surface area contributed by atoms with E-state index < -0.39 is 6.10 Å². The van der Waals surface area contributed by atoms with Crippen molar-refractivity contribution < 1.29 is 9.84 Å². The molecule has 0 bridgehead atoms. The minimum absolute atomic E-state index is 0.307. The van der Waals surface area contributed by atoms with Crippen LogP contribution in [0.3, 0.4) is 0 Å². The Hall–Kier alpha value is -2.02. The van der Waals surface area contributed by atoms with Gasteiger partial charge >= 0.3 is 0 Å². The summed E-state index contributed by atoms with van der Waals surface area (Å²) in [4.78, 5) is 12.9. The van der Waals surface area contributed by atoms with Gasteiger partial charge < -0.3 is 14.7 Å². The van der Waals surface area contributed by atoms with E-state index in [1.54, 1.807) is 18.6 Å². The molecule has 1 fully saturated rings. The van der Waals surface area contributed by atoms with Crippen LogP contribution in [0.2, 0.25) is 0 Å². The van der Waals surface area contributed by atoms with Gasteiger partial charge in [-0.3, -0.25) is 14.9 Å². The molecule has 1 aromatic carbocycles. The summed E-state index contributed by atoms with van der Waals surface area (Å²) in [6, 6.07) is 8.64. The fourth-order valence-corrected chi connectivity index (χ4v) is 4.05. The Morgan fingerprint density at radius 3 is 2.66 bits per heavy atom. The highest BCUT2D eigenvalue weighted by Gasteiger charge is 2.20. The summed E-state index contributed by atoms with van der Waals surface area (Å²) in [5.74, 6) is 0.831. The lowest BCUT2D eigenvalue weighted by Gasteiger charge is -2.32. The van der Waals surface area contributed by atoms with Crippen molar-refractivity contribution in [3.63, 3.8) is 0 Å². The van der Waals surface area contributed by atoms with E-state index in [2.05, 4.69) is 39.9 Å². The fraction of sp³-hybridized carbons (Fsp3) is 0.565. The Morgan fingerprint density at radius 2 is 1.90 bits per heavy atom. The molecule has 1 aliphatic carbocycles. The zero-order valence-corrected chi connectivity index (χ0v) is 17.7. The van der Waals surface area contributed by atoms with E-state index in [0.29, 0.717) is 19.2 Å². The van der Waals surface area contributed by atoms with E-state index in [9.17, 15) is 5.11 Å². The lowest BCUT2D eigenvalue weighted by atomic mass is 9.94. The van der Waals surface area contributed by atoms with Crippen LogP contribution in [0, 0.1) is 0 Å². The maximum Gasteiger partial charge on any atom is 0.123 e. The second-order valence-corrected chi connectivity index (χ2v) is 8.17. The number of hydrogen-bond donors (Lipinski definition) is 1. The van der Waals surface area contributed by atoms with E-state index in [4.69, 9.17) is 4.74 Å². The molecule has 29 heavy (non-hydrogen) atoms. The molecular formula is C23H34N4O2. The van der Waals surface area contributed by atoms with Gasteiger partial charge in [-0.15, -0.1) is 0 Å². The third kappa shape index (κ3) is 7.07. The van der Waals surface area contributed by atoms with Crippen molar-refractivity contribution in [2.75, 3.05) is 27.2 Å². The molecule has 0 aliphatic heterocycles. The first-order valence-electron chi connectivity index (χ1n) is 10.6. The molecule has 1 atom stereocenters. The van der Waals surface area contributed by atoms with E-state index in [-0.39, 0.29) is 0 Å². The molecule has 6 heteroatoms. The largest absolute Gasteiger partial charge is 0.491 e. The summed E-state index contributed by atoms with van der Waals surface area (Å²) in [7, 11) is 4.17. The van der Waals surface area contributed by atoms with Crippen LogP contribution in [0.15, 0.2) is 42.9 Å². The predicted molar refractivity (Wildman–Crippen MR) is 115 cm³/mol. The zero-order chi connectivity index (χ0) is 20.5. The van der Waals surface area contributed by atoms with Crippen LogP contribution >= 0.6 is 0 Å². The quantitative estimate of drug-likeness (QED) is 0.664. The van der Waals surface area contributed by atoms with Gasteiger partial charge in [-0.1, -0.05) is 37.5 Å². The molecule has 1 saturated carbocycles. The van der Waals surface area contributed by atoms with Crippen LogP contribution in [0.4, 0.5) is 0 Å². The number of rotatable bonds is 10. The highest BCUT2D eigenvalue weighted by Crippen LogP contribution is 2.23. The number of likely N-dealkylation sites (N-methyl/N-ethyl adjacent to an activating group) is 1. The lowest BCUT2D eigenvalue weighted by molar-refractivity contribution is 0.0556. The van der Waals surface area contributed by atoms with Gasteiger partial charge in [-0.25, -0.2) is 0 Å². The summed E-state index contributed by atoms with van der Waals surface area (Å²) >= 11 is 0. The third-order valence-electron chi connectivity index (χ3n) is 5.59. The number of para-hydroxylation sites is 1. The number of ether oxygens (including phenoxy) is 1. The molecule has 1 N–H and O–H groups in total. The molecule has 0 saturated heterocycles. The molecule has 6 nitrogen and oxygen atoms in total. The number of nitrogens with zero attached hydrogens (tertiary/aromatic N) is 4. The highest BCUT2D eigenvalue weighted by atomic mass is 16.5. The predicted octanol–water partition coefficient (Wildman–Crippen LogP) is 3.11. The molecular weight excluding hydrogens is 364 g/mol. The van der Waals surface area contributed by atoms with E-state index in [1.807, 2.05) is 18.2 Å². The van der Waals surface area contributed by atoms with Gasteiger partial charge in [0.1, 0.15) is 18.5 Å². The molecule has 158 valence electrons. The maximum atomic E-state index is 10.5. The molecule has 3 rings (SSSR count). The van der Waals surface area contributed by atoms with Crippen molar-refractivity contribution in [3.8, 4) is 5.75 Å². The standard InChI is InChI=1S/C23H34N4O2/c1-26(16-20-14-24-12-13-25-20)15-19-8-6-7-11-23(19)29-18-22(28)17-27(2)21-9-4-3-5-10-21/h6-8,11-14,21-22,28H,3-5,9-10,15-18H2,1-2H3/t22-/m1/s1. The van der Waals surface area contributed by atoms with E-state index in [0.717, 1.165) is 30.1 Å². The fourth-order valence-electron chi connectivity index (χ4n) is 4.05. The number of aliphatic hydroxyl groups excluding tert-OH is 1. The first-order chi connectivity index (χ1) is 14.1. The van der Waals surface area contributed by atoms with E-state index >= 15 is 0 Å².